The minimum Gasteiger partial charge on any atom is -0.493 e. The minimum atomic E-state index is -0.218. The number of rotatable bonds is 7. The Morgan fingerprint density at radius 2 is 1.82 bits per heavy atom. The molecule has 0 saturated carbocycles. The number of fused-ring (bicyclic) bond motifs is 3. The monoisotopic (exact) mass is 627 g/mol. The van der Waals surface area contributed by atoms with Gasteiger partial charge in [-0.2, -0.15) is 5.26 Å². The quantitative estimate of drug-likeness (QED) is 0.193. The van der Waals surface area contributed by atoms with Crippen molar-refractivity contribution in [3.63, 3.8) is 0 Å². The van der Waals surface area contributed by atoms with Crippen molar-refractivity contribution in [2.75, 3.05) is 13.4 Å². The summed E-state index contributed by atoms with van der Waals surface area (Å²) in [6, 6.07) is 32.0. The summed E-state index contributed by atoms with van der Waals surface area (Å²) in [5, 5.41) is 9.41. The first-order valence-electron chi connectivity index (χ1n) is 14.6. The van der Waals surface area contributed by atoms with Crippen LogP contribution in [0.2, 0.25) is 0 Å². The number of aromatic nitrogens is 1. The molecule has 2 aliphatic rings. The number of hydrogen-bond acceptors (Lipinski definition) is 7. The predicted molar refractivity (Wildman–Crippen MR) is 179 cm³/mol. The SMILES string of the molecule is COc1cc(C=c2sc3n(c2=O)C(c2ccc(SC)cc2)C2=C(N=3)c3ccccc3CC2)ccc1OCc1ccccc1C#N. The standard InChI is InChI=1S/C37H29N3O3S2/c1-42-32-19-23(11-18-31(32)43-22-27-9-4-3-8-26(27)21-38)20-33-36(41)40-35(25-12-15-28(44-2)16-13-25)30-17-14-24-7-5-6-10-29(24)34(30)39-37(40)45-33/h3-13,15-16,18-20,35H,14,17,22H2,1-2H3. The number of thiazole rings is 1. The number of thioether (sulfide) groups is 1. The van der Waals surface area contributed by atoms with Gasteiger partial charge < -0.3 is 9.47 Å². The van der Waals surface area contributed by atoms with E-state index in [9.17, 15) is 10.1 Å². The molecule has 0 spiro atoms. The van der Waals surface area contributed by atoms with E-state index in [0.29, 0.717) is 26.4 Å². The Morgan fingerprint density at radius 1 is 1.02 bits per heavy atom. The van der Waals surface area contributed by atoms with Gasteiger partial charge in [-0.25, -0.2) is 4.99 Å². The minimum absolute atomic E-state index is 0.0597. The average molecular weight is 628 g/mol. The number of benzene rings is 4. The lowest BCUT2D eigenvalue weighted by atomic mass is 9.83. The van der Waals surface area contributed by atoms with Gasteiger partial charge in [0.15, 0.2) is 16.3 Å². The summed E-state index contributed by atoms with van der Waals surface area (Å²) in [6.45, 7) is 0.240. The molecule has 0 bridgehead atoms. The van der Waals surface area contributed by atoms with Crippen molar-refractivity contribution >= 4 is 34.9 Å². The zero-order valence-corrected chi connectivity index (χ0v) is 26.5. The Kier molecular flexibility index (Phi) is 7.88. The van der Waals surface area contributed by atoms with Gasteiger partial charge in [-0.15, -0.1) is 11.8 Å². The molecule has 5 aromatic rings. The predicted octanol–water partition coefficient (Wildman–Crippen LogP) is 6.50. The lowest BCUT2D eigenvalue weighted by Gasteiger charge is -2.30. The second-order valence-corrected chi connectivity index (χ2v) is 12.7. The number of hydrogen-bond donors (Lipinski definition) is 0. The largest absolute Gasteiger partial charge is 0.493 e. The van der Waals surface area contributed by atoms with Crippen molar-refractivity contribution in [2.45, 2.75) is 30.4 Å². The average Bonchev–Trinajstić information content (AvgIpc) is 3.40. The van der Waals surface area contributed by atoms with E-state index in [0.717, 1.165) is 40.8 Å². The molecule has 45 heavy (non-hydrogen) atoms. The van der Waals surface area contributed by atoms with E-state index >= 15 is 0 Å². The molecule has 7 rings (SSSR count). The lowest BCUT2D eigenvalue weighted by molar-refractivity contribution is 0.284. The van der Waals surface area contributed by atoms with Crippen LogP contribution in [0.25, 0.3) is 11.8 Å². The number of aryl methyl sites for hydroxylation is 1. The zero-order valence-electron chi connectivity index (χ0n) is 24.8. The molecule has 1 aliphatic carbocycles. The van der Waals surface area contributed by atoms with Gasteiger partial charge in [0.05, 0.1) is 35.0 Å². The maximum Gasteiger partial charge on any atom is 0.271 e. The van der Waals surface area contributed by atoms with Crippen LogP contribution < -0.4 is 24.4 Å². The van der Waals surface area contributed by atoms with Crippen molar-refractivity contribution in [3.8, 4) is 17.6 Å². The Balaban J connectivity index is 1.30. The highest BCUT2D eigenvalue weighted by atomic mass is 32.2. The number of nitriles is 1. The van der Waals surface area contributed by atoms with Crippen LogP contribution in [0.1, 0.15) is 45.8 Å². The van der Waals surface area contributed by atoms with Crippen molar-refractivity contribution < 1.29 is 9.47 Å². The Labute approximate surface area is 269 Å². The van der Waals surface area contributed by atoms with E-state index in [1.165, 1.54) is 27.4 Å². The van der Waals surface area contributed by atoms with Gasteiger partial charge in [-0.1, -0.05) is 72.0 Å². The second-order valence-electron chi connectivity index (χ2n) is 10.9. The molecular weight excluding hydrogens is 599 g/mol. The summed E-state index contributed by atoms with van der Waals surface area (Å²) in [6.07, 6.45) is 5.74. The van der Waals surface area contributed by atoms with Crippen LogP contribution in [0, 0.1) is 11.3 Å². The summed E-state index contributed by atoms with van der Waals surface area (Å²) in [7, 11) is 1.59. The topological polar surface area (TPSA) is 76.6 Å². The first kappa shape index (κ1) is 28.9. The van der Waals surface area contributed by atoms with Gasteiger partial charge in [-0.3, -0.25) is 9.36 Å². The molecule has 0 radical (unpaired) electrons. The molecule has 0 N–H and O–H groups in total. The van der Waals surface area contributed by atoms with Gasteiger partial charge in [0.25, 0.3) is 5.56 Å². The molecule has 1 atom stereocenters. The van der Waals surface area contributed by atoms with E-state index in [1.807, 2.05) is 47.0 Å². The van der Waals surface area contributed by atoms with Crippen LogP contribution in [-0.4, -0.2) is 17.9 Å². The van der Waals surface area contributed by atoms with E-state index in [2.05, 4.69) is 60.9 Å². The number of allylic oxidation sites excluding steroid dienone is 1. The second kappa shape index (κ2) is 12.3. The summed E-state index contributed by atoms with van der Waals surface area (Å²) in [4.78, 5) is 21.2. The lowest BCUT2D eigenvalue weighted by Crippen LogP contribution is -2.38. The fourth-order valence-corrected chi connectivity index (χ4v) is 7.47. The normalized spacial score (nSPS) is 15.4. The third-order valence-electron chi connectivity index (χ3n) is 8.31. The highest BCUT2D eigenvalue weighted by molar-refractivity contribution is 7.98. The Bertz CT molecular complexity index is 2190. The molecule has 0 fully saturated rings. The van der Waals surface area contributed by atoms with Crippen molar-refractivity contribution in [1.82, 2.24) is 4.57 Å². The Hall–Kier alpha value is -4.84. The van der Waals surface area contributed by atoms with Gasteiger partial charge >= 0.3 is 0 Å². The first-order chi connectivity index (χ1) is 22.1. The molecule has 1 unspecified atom stereocenters. The molecule has 0 saturated heterocycles. The van der Waals surface area contributed by atoms with Crippen LogP contribution in [0.15, 0.2) is 111 Å². The molecule has 1 aromatic heterocycles. The third-order valence-corrected chi connectivity index (χ3v) is 10.0. The molecule has 4 aromatic carbocycles. The fraction of sp³-hybridized carbons (Fsp3) is 0.162. The number of nitrogens with zero attached hydrogens (tertiary/aromatic N) is 3. The Morgan fingerprint density at radius 3 is 2.62 bits per heavy atom. The van der Waals surface area contributed by atoms with Crippen LogP contribution >= 0.6 is 23.1 Å². The van der Waals surface area contributed by atoms with Crippen molar-refractivity contribution in [1.29, 1.82) is 5.26 Å². The van der Waals surface area contributed by atoms with Gasteiger partial charge in [0.1, 0.15) is 6.61 Å². The van der Waals surface area contributed by atoms with Gasteiger partial charge in [0.2, 0.25) is 0 Å². The fourth-order valence-electron chi connectivity index (χ4n) is 6.06. The summed E-state index contributed by atoms with van der Waals surface area (Å²) in [5.41, 5.74) is 7.84. The molecule has 0 amide bonds. The van der Waals surface area contributed by atoms with E-state index < -0.39 is 0 Å². The number of methoxy groups -OCH3 is 1. The smallest absolute Gasteiger partial charge is 0.271 e. The van der Waals surface area contributed by atoms with Crippen LogP contribution in [0.4, 0.5) is 0 Å². The van der Waals surface area contributed by atoms with E-state index in [4.69, 9.17) is 14.5 Å². The molecule has 1 aliphatic heterocycles. The summed E-state index contributed by atoms with van der Waals surface area (Å²) >= 11 is 3.11. The molecular formula is C37H29N3O3S2. The van der Waals surface area contributed by atoms with Crippen molar-refractivity contribution in [2.24, 2.45) is 4.99 Å². The maximum absolute atomic E-state index is 14.2. The van der Waals surface area contributed by atoms with E-state index in [1.54, 1.807) is 24.9 Å². The zero-order chi connectivity index (χ0) is 30.9. The van der Waals surface area contributed by atoms with Crippen LogP contribution in [0.5, 0.6) is 11.5 Å². The molecule has 8 heteroatoms. The molecule has 222 valence electrons. The maximum atomic E-state index is 14.2. The first-order valence-corrected chi connectivity index (χ1v) is 16.7. The van der Waals surface area contributed by atoms with Gasteiger partial charge in [-0.05, 0) is 77.8 Å². The van der Waals surface area contributed by atoms with Crippen LogP contribution in [0.3, 0.4) is 0 Å². The van der Waals surface area contributed by atoms with E-state index in [-0.39, 0.29) is 18.2 Å². The summed E-state index contributed by atoms with van der Waals surface area (Å²) in [5.74, 6) is 1.11. The molecule has 6 nitrogen and oxygen atoms in total. The highest BCUT2D eigenvalue weighted by Gasteiger charge is 2.32. The highest BCUT2D eigenvalue weighted by Crippen LogP contribution is 2.41. The third kappa shape index (κ3) is 5.39. The van der Waals surface area contributed by atoms with Crippen LogP contribution in [-0.2, 0) is 13.0 Å². The number of ether oxygens (including phenoxy) is 2. The molecule has 2 heterocycles. The van der Waals surface area contributed by atoms with Gasteiger partial charge in [0, 0.05) is 16.0 Å². The van der Waals surface area contributed by atoms with Crippen molar-refractivity contribution in [3.05, 3.63) is 150 Å². The summed E-state index contributed by atoms with van der Waals surface area (Å²) < 4.78 is 14.2.